The molecular weight excluding hydrogens is 697 g/mol. The molecule has 1 unspecified atom stereocenters. The van der Waals surface area contributed by atoms with E-state index in [9.17, 15) is 24.6 Å². The van der Waals surface area contributed by atoms with Gasteiger partial charge < -0.3 is 40.2 Å². The lowest BCUT2D eigenvalue weighted by molar-refractivity contribution is -0.134. The number of rotatable bonds is 12. The number of carbonyl (C=O) groups is 3. The molecule has 11 heteroatoms. The highest BCUT2D eigenvalue weighted by atomic mass is 16.5. The monoisotopic (exact) mass is 752 g/mol. The molecule has 2 amide bonds. The van der Waals surface area contributed by atoms with Crippen LogP contribution in [0.5, 0.6) is 11.5 Å². The minimum absolute atomic E-state index is 0.122. The number of esters is 1. The normalized spacial score (nSPS) is 23.3. The average molecular weight is 753 g/mol. The molecule has 55 heavy (non-hydrogen) atoms. The molecule has 3 heterocycles. The number of hydrogen-bond acceptors (Lipinski definition) is 8. The van der Waals surface area contributed by atoms with Gasteiger partial charge in [-0.15, -0.1) is 0 Å². The summed E-state index contributed by atoms with van der Waals surface area (Å²) in [6, 6.07) is 15.2. The summed E-state index contributed by atoms with van der Waals surface area (Å²) in [5, 5.41) is 28.6. The molecule has 5 N–H and O–H groups in total. The summed E-state index contributed by atoms with van der Waals surface area (Å²) in [5.74, 6) is -0.582. The molecule has 1 fully saturated rings. The van der Waals surface area contributed by atoms with Gasteiger partial charge in [-0.1, -0.05) is 56.3 Å². The highest BCUT2D eigenvalue weighted by molar-refractivity contribution is 6.35. The van der Waals surface area contributed by atoms with Crippen LogP contribution in [0.15, 0.2) is 60.7 Å². The van der Waals surface area contributed by atoms with Crippen LogP contribution in [0.3, 0.4) is 0 Å². The largest absolute Gasteiger partial charge is 0.487 e. The minimum Gasteiger partial charge on any atom is -0.487 e. The van der Waals surface area contributed by atoms with Gasteiger partial charge in [-0.05, 0) is 101 Å². The second-order valence-electron chi connectivity index (χ2n) is 15.0. The van der Waals surface area contributed by atoms with Crippen LogP contribution in [0.4, 0.5) is 5.69 Å². The number of aliphatic hydroxyl groups excluding tert-OH is 2. The SMILES string of the molecule is CCN(CC)CCNC(=O)c1c(C)[nH]c2c1O[C@H]1C[C@@H](O)[C@H](CC[C@H](O)CCc3ccccc3)C1C/C=C\CCCC(=O)Oc1ccc3c(c1)/C(=C/2)C(=O)N3. The van der Waals surface area contributed by atoms with Gasteiger partial charge in [0.25, 0.3) is 11.8 Å². The molecule has 1 aromatic heterocycles. The van der Waals surface area contributed by atoms with Gasteiger partial charge in [-0.2, -0.15) is 0 Å². The Morgan fingerprint density at radius 2 is 1.87 bits per heavy atom. The number of allylic oxidation sites excluding steroid dienone is 2. The van der Waals surface area contributed by atoms with E-state index in [2.05, 4.69) is 58.6 Å². The molecule has 0 radical (unpaired) electrons. The van der Waals surface area contributed by atoms with Crippen molar-refractivity contribution in [3.8, 4) is 11.5 Å². The van der Waals surface area contributed by atoms with E-state index in [4.69, 9.17) is 9.47 Å². The van der Waals surface area contributed by atoms with Crippen LogP contribution in [0.1, 0.15) is 98.1 Å². The number of fused-ring (bicyclic) bond motifs is 3. The van der Waals surface area contributed by atoms with E-state index >= 15 is 0 Å². The third kappa shape index (κ3) is 9.94. The van der Waals surface area contributed by atoms with Crippen LogP contribution in [-0.2, 0) is 16.0 Å². The third-order valence-electron chi connectivity index (χ3n) is 11.3. The number of aromatic amines is 1. The van der Waals surface area contributed by atoms with Gasteiger partial charge in [0.2, 0.25) is 0 Å². The molecule has 294 valence electrons. The van der Waals surface area contributed by atoms with Crippen molar-refractivity contribution in [3.05, 3.63) is 88.8 Å². The quantitative estimate of drug-likeness (QED) is 0.0806. The van der Waals surface area contributed by atoms with Crippen LogP contribution >= 0.6 is 0 Å². The van der Waals surface area contributed by atoms with Crippen LogP contribution in [0.25, 0.3) is 11.6 Å². The van der Waals surface area contributed by atoms with E-state index in [1.54, 1.807) is 24.3 Å². The molecule has 11 nitrogen and oxygen atoms in total. The number of nitrogens with zero attached hydrogens (tertiary/aromatic N) is 1. The minimum atomic E-state index is -0.673. The molecule has 1 saturated carbocycles. The van der Waals surface area contributed by atoms with Crippen molar-refractivity contribution in [1.29, 1.82) is 0 Å². The molecule has 3 aromatic rings. The Morgan fingerprint density at radius 1 is 1.07 bits per heavy atom. The zero-order valence-corrected chi connectivity index (χ0v) is 32.3. The number of carbonyl (C=O) groups excluding carboxylic acids is 3. The maximum absolute atomic E-state index is 14.0. The molecule has 5 atom stereocenters. The Labute approximate surface area is 324 Å². The van der Waals surface area contributed by atoms with Gasteiger partial charge >= 0.3 is 5.97 Å². The van der Waals surface area contributed by atoms with Crippen molar-refractivity contribution in [1.82, 2.24) is 15.2 Å². The van der Waals surface area contributed by atoms with Gasteiger partial charge in [0.1, 0.15) is 17.4 Å². The zero-order valence-electron chi connectivity index (χ0n) is 32.3. The van der Waals surface area contributed by atoms with Crippen molar-refractivity contribution < 1.29 is 34.1 Å². The maximum Gasteiger partial charge on any atom is 0.311 e. The van der Waals surface area contributed by atoms with E-state index in [1.807, 2.05) is 25.1 Å². The lowest BCUT2D eigenvalue weighted by atomic mass is 9.85. The standard InChI is InChI=1S/C44H56N4O7/c1-4-48(5-2)24-23-45-44(53)41-28(3)46-37-26-35-34-25-31(20-22-36(34)47-43(35)52)54-40(51)16-12-7-6-11-15-33-32(38(50)27-39(33)55-42(37)41)21-19-30(49)18-17-29-13-9-8-10-14-29/h6,8-11,13-14,20,22,25-26,30,32-33,38-39,46,49-50H,4-5,7,12,15-19,21,23-24,27H2,1-3H3,(H,45,53)(H,47,52)/b11-6-,35-26-/t30-,32-,33?,38-,39+/m1/s1. The van der Waals surface area contributed by atoms with Crippen LogP contribution in [-0.4, -0.2) is 82.4 Å². The first kappa shape index (κ1) is 40.0. The lowest BCUT2D eigenvalue weighted by Gasteiger charge is -2.26. The van der Waals surface area contributed by atoms with E-state index in [1.165, 1.54) is 5.56 Å². The van der Waals surface area contributed by atoms with E-state index in [0.29, 0.717) is 103 Å². The number of amides is 2. The highest BCUT2D eigenvalue weighted by Gasteiger charge is 2.44. The van der Waals surface area contributed by atoms with Crippen LogP contribution in [0, 0.1) is 18.8 Å². The summed E-state index contributed by atoms with van der Waals surface area (Å²) in [7, 11) is 0. The van der Waals surface area contributed by atoms with Gasteiger partial charge in [-0.25, -0.2) is 0 Å². The summed E-state index contributed by atoms with van der Waals surface area (Å²) < 4.78 is 12.6. The van der Waals surface area contributed by atoms with E-state index in [-0.39, 0.29) is 36.0 Å². The molecule has 6 rings (SSSR count). The number of aryl methyl sites for hydroxylation is 2. The number of H-pyrrole nitrogens is 1. The number of hydrogen-bond donors (Lipinski definition) is 5. The predicted octanol–water partition coefficient (Wildman–Crippen LogP) is 6.44. The summed E-state index contributed by atoms with van der Waals surface area (Å²) in [4.78, 5) is 45.7. The molecule has 1 aliphatic carbocycles. The molecule has 3 aliphatic rings. The zero-order chi connectivity index (χ0) is 38.9. The Bertz CT molecular complexity index is 1860. The summed E-state index contributed by atoms with van der Waals surface area (Å²) in [6.07, 6.45) is 9.24. The summed E-state index contributed by atoms with van der Waals surface area (Å²) in [5.41, 5.74) is 4.07. The van der Waals surface area contributed by atoms with Gasteiger partial charge in [-0.3, -0.25) is 14.4 Å². The molecular formula is C44H56N4O7. The molecule has 2 aliphatic heterocycles. The van der Waals surface area contributed by atoms with Crippen LogP contribution < -0.4 is 20.1 Å². The number of likely N-dealkylation sites (N-methyl/N-ethyl adjacent to an activating group) is 1. The first-order valence-corrected chi connectivity index (χ1v) is 20.0. The molecule has 0 saturated heterocycles. The van der Waals surface area contributed by atoms with E-state index < -0.39 is 18.3 Å². The first-order chi connectivity index (χ1) is 26.6. The van der Waals surface area contributed by atoms with Crippen molar-refractivity contribution in [2.24, 2.45) is 11.8 Å². The second kappa shape index (κ2) is 18.8. The number of ether oxygens (including phenoxy) is 2. The summed E-state index contributed by atoms with van der Waals surface area (Å²) >= 11 is 0. The summed E-state index contributed by atoms with van der Waals surface area (Å²) in [6.45, 7) is 8.87. The predicted molar refractivity (Wildman–Crippen MR) is 214 cm³/mol. The molecule has 2 aromatic carbocycles. The van der Waals surface area contributed by atoms with Crippen molar-refractivity contribution in [3.63, 3.8) is 0 Å². The molecule has 2 bridgehead atoms. The van der Waals surface area contributed by atoms with Crippen LogP contribution in [0.2, 0.25) is 0 Å². The average Bonchev–Trinajstić information content (AvgIpc) is 3.77. The van der Waals surface area contributed by atoms with Gasteiger partial charge in [0.05, 0.1) is 23.5 Å². The number of anilines is 1. The fourth-order valence-electron chi connectivity index (χ4n) is 8.19. The Morgan fingerprint density at radius 3 is 2.65 bits per heavy atom. The van der Waals surface area contributed by atoms with Crippen molar-refractivity contribution in [2.45, 2.75) is 96.9 Å². The highest BCUT2D eigenvalue weighted by Crippen LogP contribution is 2.44. The molecule has 0 spiro atoms. The number of nitrogens with one attached hydrogen (secondary N) is 3. The van der Waals surface area contributed by atoms with Gasteiger partial charge in [0, 0.05) is 48.8 Å². The van der Waals surface area contributed by atoms with E-state index in [0.717, 1.165) is 19.5 Å². The number of aliphatic hydroxyl groups is 2. The maximum atomic E-state index is 14.0. The fraction of sp³-hybridized carbons (Fsp3) is 0.477. The fourth-order valence-corrected chi connectivity index (χ4v) is 8.19. The van der Waals surface area contributed by atoms with Gasteiger partial charge in [0.15, 0.2) is 5.75 Å². The smallest absolute Gasteiger partial charge is 0.311 e. The topological polar surface area (TPSA) is 153 Å². The van der Waals surface area contributed by atoms with Crippen molar-refractivity contribution >= 4 is 35.1 Å². The number of benzene rings is 2. The second-order valence-corrected chi connectivity index (χ2v) is 15.0. The van der Waals surface area contributed by atoms with Crippen molar-refractivity contribution in [2.75, 3.05) is 31.5 Å². The Balaban J connectivity index is 1.33. The number of aromatic nitrogens is 1. The Hall–Kier alpha value is -4.71. The first-order valence-electron chi connectivity index (χ1n) is 20.0. The lowest BCUT2D eigenvalue weighted by Crippen LogP contribution is -2.35. The Kier molecular flexibility index (Phi) is 13.6. The third-order valence-corrected chi connectivity index (χ3v) is 11.3.